The van der Waals surface area contributed by atoms with Crippen LogP contribution in [-0.2, 0) is 19.4 Å². The SMILES string of the molecule is Clc1ccc(CCNc2ncnc3c2nc2n3CCCC2)cc1. The van der Waals surface area contributed by atoms with Gasteiger partial charge in [0.05, 0.1) is 0 Å². The van der Waals surface area contributed by atoms with E-state index >= 15 is 0 Å². The zero-order valence-corrected chi connectivity index (χ0v) is 13.6. The van der Waals surface area contributed by atoms with Gasteiger partial charge in [-0.2, -0.15) is 0 Å². The molecule has 0 spiro atoms. The van der Waals surface area contributed by atoms with Crippen molar-refractivity contribution in [3.05, 3.63) is 47.0 Å². The molecule has 6 heteroatoms. The van der Waals surface area contributed by atoms with Gasteiger partial charge in [0.1, 0.15) is 12.2 Å². The van der Waals surface area contributed by atoms with Gasteiger partial charge in [-0.15, -0.1) is 0 Å². The first-order valence-electron chi connectivity index (χ1n) is 8.00. The monoisotopic (exact) mass is 327 g/mol. The number of imidazole rings is 1. The molecule has 0 saturated heterocycles. The van der Waals surface area contributed by atoms with Gasteiger partial charge in [0.15, 0.2) is 17.0 Å². The van der Waals surface area contributed by atoms with Crippen molar-refractivity contribution in [2.24, 2.45) is 0 Å². The highest BCUT2D eigenvalue weighted by molar-refractivity contribution is 6.30. The molecule has 0 aliphatic carbocycles. The predicted molar refractivity (Wildman–Crippen MR) is 91.9 cm³/mol. The molecular formula is C17H18ClN5. The lowest BCUT2D eigenvalue weighted by Crippen LogP contribution is -2.10. The predicted octanol–water partition coefficient (Wildman–Crippen LogP) is 3.47. The Labute approximate surface area is 139 Å². The molecule has 0 fully saturated rings. The van der Waals surface area contributed by atoms with Crippen molar-refractivity contribution in [1.82, 2.24) is 19.5 Å². The van der Waals surface area contributed by atoms with Gasteiger partial charge in [0.25, 0.3) is 0 Å². The number of hydrogen-bond donors (Lipinski definition) is 1. The van der Waals surface area contributed by atoms with Gasteiger partial charge in [0.2, 0.25) is 0 Å². The lowest BCUT2D eigenvalue weighted by molar-refractivity contribution is 0.530. The quantitative estimate of drug-likeness (QED) is 0.797. The Bertz CT molecular complexity index is 825. The third-order valence-electron chi connectivity index (χ3n) is 4.26. The maximum atomic E-state index is 5.91. The van der Waals surface area contributed by atoms with Crippen LogP contribution in [0.5, 0.6) is 0 Å². The maximum absolute atomic E-state index is 5.91. The van der Waals surface area contributed by atoms with Crippen LogP contribution in [0.3, 0.4) is 0 Å². The summed E-state index contributed by atoms with van der Waals surface area (Å²) < 4.78 is 2.23. The fraction of sp³-hybridized carbons (Fsp3) is 0.353. The van der Waals surface area contributed by atoms with E-state index in [0.717, 1.165) is 53.8 Å². The number of nitrogens with zero attached hydrogens (tertiary/aromatic N) is 4. The van der Waals surface area contributed by atoms with E-state index < -0.39 is 0 Å². The van der Waals surface area contributed by atoms with Crippen LogP contribution in [0.1, 0.15) is 24.2 Å². The summed E-state index contributed by atoms with van der Waals surface area (Å²) in [5.41, 5.74) is 3.08. The summed E-state index contributed by atoms with van der Waals surface area (Å²) in [6.07, 6.45) is 5.96. The van der Waals surface area contributed by atoms with Crippen LogP contribution in [0.4, 0.5) is 5.82 Å². The average Bonchev–Trinajstić information content (AvgIpc) is 2.96. The minimum Gasteiger partial charge on any atom is -0.368 e. The van der Waals surface area contributed by atoms with E-state index in [-0.39, 0.29) is 0 Å². The molecule has 0 atom stereocenters. The van der Waals surface area contributed by atoms with Gasteiger partial charge in [-0.05, 0) is 37.0 Å². The fourth-order valence-corrected chi connectivity index (χ4v) is 3.19. The van der Waals surface area contributed by atoms with Crippen LogP contribution < -0.4 is 5.32 Å². The van der Waals surface area contributed by atoms with Crippen molar-refractivity contribution in [3.8, 4) is 0 Å². The molecular weight excluding hydrogens is 310 g/mol. The van der Waals surface area contributed by atoms with Crippen molar-refractivity contribution < 1.29 is 0 Å². The minimum absolute atomic E-state index is 0.766. The molecule has 2 aromatic heterocycles. The minimum atomic E-state index is 0.766. The molecule has 1 aliphatic rings. The number of aryl methyl sites for hydroxylation is 2. The highest BCUT2D eigenvalue weighted by Crippen LogP contribution is 2.24. The molecule has 1 aliphatic heterocycles. The lowest BCUT2D eigenvalue weighted by Gasteiger charge is -2.12. The summed E-state index contributed by atoms with van der Waals surface area (Å²) in [4.78, 5) is 13.6. The van der Waals surface area contributed by atoms with Crippen LogP contribution in [0, 0.1) is 0 Å². The third kappa shape index (κ3) is 2.88. The van der Waals surface area contributed by atoms with E-state index in [4.69, 9.17) is 16.6 Å². The Hall–Kier alpha value is -2.14. The van der Waals surface area contributed by atoms with Crippen molar-refractivity contribution in [2.75, 3.05) is 11.9 Å². The number of aromatic nitrogens is 4. The highest BCUT2D eigenvalue weighted by Gasteiger charge is 2.17. The van der Waals surface area contributed by atoms with Gasteiger partial charge < -0.3 is 9.88 Å². The number of fused-ring (bicyclic) bond motifs is 3. The fourth-order valence-electron chi connectivity index (χ4n) is 3.07. The Morgan fingerprint density at radius 2 is 2.00 bits per heavy atom. The molecule has 0 amide bonds. The number of halogens is 1. The summed E-state index contributed by atoms with van der Waals surface area (Å²) in [6.45, 7) is 1.81. The zero-order valence-electron chi connectivity index (χ0n) is 12.8. The molecule has 0 saturated carbocycles. The average molecular weight is 328 g/mol. The summed E-state index contributed by atoms with van der Waals surface area (Å²) in [7, 11) is 0. The van der Waals surface area contributed by atoms with Crippen LogP contribution in [0.15, 0.2) is 30.6 Å². The van der Waals surface area contributed by atoms with Gasteiger partial charge in [-0.3, -0.25) is 0 Å². The molecule has 0 bridgehead atoms. The standard InChI is InChI=1S/C17H18ClN5/c18-13-6-4-12(5-7-13)8-9-19-16-15-17(21-11-20-16)23-10-2-1-3-14(23)22-15/h4-7,11H,1-3,8-10H2,(H,19,20,21). The first-order valence-corrected chi connectivity index (χ1v) is 8.37. The van der Waals surface area contributed by atoms with Gasteiger partial charge in [-0.1, -0.05) is 23.7 Å². The number of nitrogens with one attached hydrogen (secondary N) is 1. The second-order valence-corrected chi connectivity index (χ2v) is 6.27. The Balaban J connectivity index is 1.52. The normalized spacial score (nSPS) is 14.0. The van der Waals surface area contributed by atoms with E-state index in [9.17, 15) is 0 Å². The number of rotatable bonds is 4. The van der Waals surface area contributed by atoms with Crippen molar-refractivity contribution in [2.45, 2.75) is 32.2 Å². The van der Waals surface area contributed by atoms with E-state index in [0.29, 0.717) is 0 Å². The largest absolute Gasteiger partial charge is 0.368 e. The molecule has 3 heterocycles. The first-order chi connectivity index (χ1) is 11.3. The van der Waals surface area contributed by atoms with Crippen LogP contribution >= 0.6 is 11.6 Å². The van der Waals surface area contributed by atoms with E-state index in [1.165, 1.54) is 18.4 Å². The molecule has 118 valence electrons. The molecule has 4 rings (SSSR count). The Morgan fingerprint density at radius 1 is 1.13 bits per heavy atom. The molecule has 0 unspecified atom stereocenters. The van der Waals surface area contributed by atoms with E-state index in [2.05, 4.69) is 32.0 Å². The second-order valence-electron chi connectivity index (χ2n) is 5.83. The number of anilines is 1. The topological polar surface area (TPSA) is 55.6 Å². The van der Waals surface area contributed by atoms with Crippen molar-refractivity contribution >= 4 is 28.6 Å². The van der Waals surface area contributed by atoms with Crippen LogP contribution in [-0.4, -0.2) is 26.1 Å². The van der Waals surface area contributed by atoms with Gasteiger partial charge in [0, 0.05) is 24.5 Å². The second kappa shape index (κ2) is 6.16. The first kappa shape index (κ1) is 14.5. The van der Waals surface area contributed by atoms with Crippen molar-refractivity contribution in [1.29, 1.82) is 0 Å². The van der Waals surface area contributed by atoms with E-state index in [1.807, 2.05) is 12.1 Å². The summed E-state index contributed by atoms with van der Waals surface area (Å²) in [5, 5.41) is 4.17. The lowest BCUT2D eigenvalue weighted by atomic mass is 10.1. The van der Waals surface area contributed by atoms with Crippen LogP contribution in [0.2, 0.25) is 5.02 Å². The molecule has 0 radical (unpaired) electrons. The third-order valence-corrected chi connectivity index (χ3v) is 4.51. The Kier molecular flexibility index (Phi) is 3.87. The molecule has 1 aromatic carbocycles. The zero-order chi connectivity index (χ0) is 15.6. The summed E-state index contributed by atoms with van der Waals surface area (Å²) >= 11 is 5.91. The number of hydrogen-bond acceptors (Lipinski definition) is 4. The molecule has 5 nitrogen and oxygen atoms in total. The maximum Gasteiger partial charge on any atom is 0.165 e. The molecule has 1 N–H and O–H groups in total. The van der Waals surface area contributed by atoms with Crippen LogP contribution in [0.25, 0.3) is 11.2 Å². The molecule has 23 heavy (non-hydrogen) atoms. The van der Waals surface area contributed by atoms with Crippen molar-refractivity contribution in [3.63, 3.8) is 0 Å². The van der Waals surface area contributed by atoms with Gasteiger partial charge in [-0.25, -0.2) is 15.0 Å². The highest BCUT2D eigenvalue weighted by atomic mass is 35.5. The van der Waals surface area contributed by atoms with E-state index in [1.54, 1.807) is 6.33 Å². The smallest absolute Gasteiger partial charge is 0.165 e. The number of benzene rings is 1. The summed E-state index contributed by atoms with van der Waals surface area (Å²) in [5.74, 6) is 1.96. The summed E-state index contributed by atoms with van der Waals surface area (Å²) in [6, 6.07) is 7.94. The Morgan fingerprint density at radius 3 is 2.87 bits per heavy atom. The van der Waals surface area contributed by atoms with Gasteiger partial charge >= 0.3 is 0 Å². The molecule has 3 aromatic rings.